The number of benzene rings is 1. The van der Waals surface area contributed by atoms with Crippen LogP contribution < -0.4 is 0 Å². The van der Waals surface area contributed by atoms with Crippen LogP contribution >= 0.6 is 0 Å². The Kier molecular flexibility index (Phi) is 4.01. The van der Waals surface area contributed by atoms with Gasteiger partial charge in [-0.1, -0.05) is 31.2 Å². The molecule has 0 unspecified atom stereocenters. The predicted octanol–water partition coefficient (Wildman–Crippen LogP) is 1.79. The molecule has 5 nitrogen and oxygen atoms in total. The number of rotatable bonds is 5. The summed E-state index contributed by atoms with van der Waals surface area (Å²) < 4.78 is 25.7. The van der Waals surface area contributed by atoms with Gasteiger partial charge in [-0.25, -0.2) is 8.42 Å². The lowest BCUT2D eigenvalue weighted by Gasteiger charge is -2.16. The van der Waals surface area contributed by atoms with Crippen LogP contribution in [0.25, 0.3) is 0 Å². The van der Waals surface area contributed by atoms with Crippen LogP contribution in [0.3, 0.4) is 0 Å². The van der Waals surface area contributed by atoms with E-state index < -0.39 is 10.0 Å². The van der Waals surface area contributed by atoms with Gasteiger partial charge in [-0.2, -0.15) is 9.40 Å². The first kappa shape index (κ1) is 13.8. The first-order valence-electron chi connectivity index (χ1n) is 6.07. The second-order valence-corrected chi connectivity index (χ2v) is 6.41. The molecule has 1 aromatic heterocycles. The van der Waals surface area contributed by atoms with Crippen LogP contribution in [0.2, 0.25) is 0 Å². The molecule has 0 amide bonds. The highest BCUT2D eigenvalue weighted by Crippen LogP contribution is 2.15. The van der Waals surface area contributed by atoms with Gasteiger partial charge in [0.05, 0.1) is 6.20 Å². The summed E-state index contributed by atoms with van der Waals surface area (Å²) in [6, 6.07) is 7.96. The molecule has 1 aromatic carbocycles. The Morgan fingerprint density at radius 3 is 2.37 bits per heavy atom. The highest BCUT2D eigenvalue weighted by molar-refractivity contribution is 7.89. The third-order valence-corrected chi connectivity index (χ3v) is 4.79. The summed E-state index contributed by atoms with van der Waals surface area (Å²) in [6.45, 7) is 2.43. The number of sulfonamides is 1. The Hall–Kier alpha value is -1.66. The summed E-state index contributed by atoms with van der Waals surface area (Å²) >= 11 is 0. The van der Waals surface area contributed by atoms with Gasteiger partial charge in [0.1, 0.15) is 4.90 Å². The number of H-pyrrole nitrogens is 1. The maximum Gasteiger partial charge on any atom is 0.246 e. The minimum absolute atomic E-state index is 0.181. The van der Waals surface area contributed by atoms with E-state index in [9.17, 15) is 8.42 Å². The Morgan fingerprint density at radius 1 is 1.21 bits per heavy atom. The minimum atomic E-state index is -3.47. The summed E-state index contributed by atoms with van der Waals surface area (Å²) in [5.74, 6) is 0. The van der Waals surface area contributed by atoms with Gasteiger partial charge in [0.25, 0.3) is 0 Å². The van der Waals surface area contributed by atoms with Crippen molar-refractivity contribution in [3.05, 3.63) is 47.8 Å². The SMILES string of the molecule is CCc1ccc(CN(C)S(=O)(=O)c2cn[nH]c2)cc1. The molecule has 6 heteroatoms. The molecule has 2 aromatic rings. The zero-order chi connectivity index (χ0) is 13.9. The van der Waals surface area contributed by atoms with Gasteiger partial charge in [0, 0.05) is 19.8 Å². The number of aromatic amines is 1. The third kappa shape index (κ3) is 3.02. The zero-order valence-electron chi connectivity index (χ0n) is 11.0. The Bertz CT molecular complexity index is 618. The van der Waals surface area contributed by atoms with Gasteiger partial charge in [0.15, 0.2) is 0 Å². The van der Waals surface area contributed by atoms with Crippen molar-refractivity contribution in [2.75, 3.05) is 7.05 Å². The topological polar surface area (TPSA) is 66.1 Å². The predicted molar refractivity (Wildman–Crippen MR) is 73.1 cm³/mol. The van der Waals surface area contributed by atoms with Gasteiger partial charge in [-0.15, -0.1) is 0 Å². The molecule has 0 fully saturated rings. The first-order valence-corrected chi connectivity index (χ1v) is 7.51. The van der Waals surface area contributed by atoms with E-state index in [1.54, 1.807) is 7.05 Å². The van der Waals surface area contributed by atoms with Crippen molar-refractivity contribution in [3.63, 3.8) is 0 Å². The van der Waals surface area contributed by atoms with E-state index in [4.69, 9.17) is 0 Å². The minimum Gasteiger partial charge on any atom is -0.284 e. The van der Waals surface area contributed by atoms with E-state index in [0.29, 0.717) is 6.54 Å². The molecular formula is C13H17N3O2S. The lowest BCUT2D eigenvalue weighted by Crippen LogP contribution is -2.26. The molecule has 0 saturated carbocycles. The average Bonchev–Trinajstić information content (AvgIpc) is 2.94. The van der Waals surface area contributed by atoms with E-state index in [2.05, 4.69) is 17.1 Å². The maximum atomic E-state index is 12.2. The lowest BCUT2D eigenvalue weighted by molar-refractivity contribution is 0.467. The molecule has 0 radical (unpaired) electrons. The number of aromatic nitrogens is 2. The fraction of sp³-hybridized carbons (Fsp3) is 0.308. The average molecular weight is 279 g/mol. The molecule has 19 heavy (non-hydrogen) atoms. The van der Waals surface area contributed by atoms with Crippen LogP contribution in [-0.4, -0.2) is 30.0 Å². The molecule has 1 N–H and O–H groups in total. The number of hydrogen-bond donors (Lipinski definition) is 1. The van der Waals surface area contributed by atoms with Crippen LogP contribution in [-0.2, 0) is 23.0 Å². The second kappa shape index (κ2) is 5.54. The molecule has 0 aliphatic heterocycles. The fourth-order valence-electron chi connectivity index (χ4n) is 1.78. The molecule has 1 heterocycles. The summed E-state index contributed by atoms with van der Waals surface area (Å²) in [4.78, 5) is 0.181. The highest BCUT2D eigenvalue weighted by atomic mass is 32.2. The highest BCUT2D eigenvalue weighted by Gasteiger charge is 2.21. The number of aryl methyl sites for hydroxylation is 1. The summed E-state index contributed by atoms with van der Waals surface area (Å²) in [5.41, 5.74) is 2.20. The van der Waals surface area contributed by atoms with E-state index >= 15 is 0 Å². The van der Waals surface area contributed by atoms with Crippen molar-refractivity contribution in [3.8, 4) is 0 Å². The number of nitrogens with one attached hydrogen (secondary N) is 1. The second-order valence-electron chi connectivity index (χ2n) is 4.37. The summed E-state index contributed by atoms with van der Waals surface area (Å²) in [5, 5.41) is 6.18. The van der Waals surface area contributed by atoms with Crippen molar-refractivity contribution in [2.24, 2.45) is 0 Å². The van der Waals surface area contributed by atoms with E-state index in [1.165, 1.54) is 22.3 Å². The maximum absolute atomic E-state index is 12.2. The van der Waals surface area contributed by atoms with Crippen LogP contribution in [0, 0.1) is 0 Å². The monoisotopic (exact) mass is 279 g/mol. The van der Waals surface area contributed by atoms with Gasteiger partial charge in [0.2, 0.25) is 10.0 Å². The molecular weight excluding hydrogens is 262 g/mol. The largest absolute Gasteiger partial charge is 0.284 e. The van der Waals surface area contributed by atoms with Crippen LogP contribution in [0.4, 0.5) is 0 Å². The van der Waals surface area contributed by atoms with Gasteiger partial charge in [-0.3, -0.25) is 5.10 Å². The Balaban J connectivity index is 2.14. The normalized spacial score (nSPS) is 11.9. The molecule has 0 aliphatic carbocycles. The number of nitrogens with zero attached hydrogens (tertiary/aromatic N) is 2. The summed E-state index contributed by atoms with van der Waals surface area (Å²) in [6.07, 6.45) is 3.67. The Labute approximate surface area is 113 Å². The van der Waals surface area contributed by atoms with Gasteiger partial charge < -0.3 is 0 Å². The van der Waals surface area contributed by atoms with E-state index in [1.807, 2.05) is 24.3 Å². The van der Waals surface area contributed by atoms with E-state index in [-0.39, 0.29) is 4.90 Å². The third-order valence-electron chi connectivity index (χ3n) is 3.02. The molecule has 0 bridgehead atoms. The molecule has 0 aliphatic rings. The van der Waals surface area contributed by atoms with Crippen molar-refractivity contribution in [1.82, 2.24) is 14.5 Å². The van der Waals surface area contributed by atoms with Crippen molar-refractivity contribution in [1.29, 1.82) is 0 Å². The first-order chi connectivity index (χ1) is 9.04. The molecule has 2 rings (SSSR count). The number of hydrogen-bond acceptors (Lipinski definition) is 3. The van der Waals surface area contributed by atoms with Crippen molar-refractivity contribution >= 4 is 10.0 Å². The smallest absolute Gasteiger partial charge is 0.246 e. The zero-order valence-corrected chi connectivity index (χ0v) is 11.8. The molecule has 0 spiro atoms. The molecule has 102 valence electrons. The Morgan fingerprint density at radius 2 is 1.84 bits per heavy atom. The van der Waals surface area contributed by atoms with Gasteiger partial charge in [-0.05, 0) is 17.5 Å². The van der Waals surface area contributed by atoms with Crippen LogP contribution in [0.5, 0.6) is 0 Å². The molecule has 0 atom stereocenters. The standard InChI is InChI=1S/C13H17N3O2S/c1-3-11-4-6-12(7-5-11)10-16(2)19(17,18)13-8-14-15-9-13/h4-9H,3,10H2,1-2H3,(H,14,15). The van der Waals surface area contributed by atoms with Crippen LogP contribution in [0.15, 0.2) is 41.6 Å². The lowest BCUT2D eigenvalue weighted by atomic mass is 10.1. The fourth-order valence-corrected chi connectivity index (χ4v) is 2.85. The van der Waals surface area contributed by atoms with Crippen LogP contribution in [0.1, 0.15) is 18.1 Å². The quantitative estimate of drug-likeness (QED) is 0.907. The molecule has 0 saturated heterocycles. The van der Waals surface area contributed by atoms with E-state index in [0.717, 1.165) is 12.0 Å². The summed E-state index contributed by atoms with van der Waals surface area (Å²) in [7, 11) is -1.90. The van der Waals surface area contributed by atoms with Crippen molar-refractivity contribution < 1.29 is 8.42 Å². The van der Waals surface area contributed by atoms with Crippen molar-refractivity contribution in [2.45, 2.75) is 24.8 Å². The van der Waals surface area contributed by atoms with Gasteiger partial charge >= 0.3 is 0 Å².